The summed E-state index contributed by atoms with van der Waals surface area (Å²) in [5, 5.41) is 10.8. The second-order valence-electron chi connectivity index (χ2n) is 3.71. The summed E-state index contributed by atoms with van der Waals surface area (Å²) in [5.74, 6) is 0.0820. The number of nitro benzene ring substituents is 1. The third kappa shape index (κ3) is 2.35. The highest BCUT2D eigenvalue weighted by Crippen LogP contribution is 2.21. The van der Waals surface area contributed by atoms with E-state index in [0.717, 1.165) is 18.2 Å². The molecule has 0 fully saturated rings. The van der Waals surface area contributed by atoms with Crippen LogP contribution >= 0.6 is 0 Å². The molecule has 2 rings (SSSR count). The van der Waals surface area contributed by atoms with Crippen LogP contribution in [-0.4, -0.2) is 14.5 Å². The normalized spacial score (nSPS) is 10.6. The zero-order valence-corrected chi connectivity index (χ0v) is 9.41. The quantitative estimate of drug-likeness (QED) is 0.657. The van der Waals surface area contributed by atoms with Gasteiger partial charge in [-0.25, -0.2) is 9.37 Å². The van der Waals surface area contributed by atoms with Gasteiger partial charge in [0.15, 0.2) is 0 Å². The number of nitrogens with zero attached hydrogens (tertiary/aromatic N) is 3. The summed E-state index contributed by atoms with van der Waals surface area (Å²) in [6, 6.07) is 3.38. The van der Waals surface area contributed by atoms with Gasteiger partial charge in [-0.1, -0.05) is 0 Å². The molecule has 0 unspecified atom stereocenters. The molecule has 0 aliphatic heterocycles. The number of halogens is 1. The number of rotatable bonds is 4. The third-order valence-corrected chi connectivity index (χ3v) is 2.56. The number of nitrogens with two attached hydrogens (primary N) is 1. The van der Waals surface area contributed by atoms with Gasteiger partial charge in [-0.3, -0.25) is 10.1 Å². The molecule has 2 aromatic rings. The van der Waals surface area contributed by atoms with Crippen molar-refractivity contribution in [3.8, 4) is 0 Å². The van der Waals surface area contributed by atoms with Crippen LogP contribution in [0.25, 0.3) is 0 Å². The molecule has 94 valence electrons. The smallest absolute Gasteiger partial charge is 0.274 e. The van der Waals surface area contributed by atoms with E-state index in [9.17, 15) is 14.5 Å². The van der Waals surface area contributed by atoms with E-state index in [1.54, 1.807) is 17.0 Å². The summed E-state index contributed by atoms with van der Waals surface area (Å²) < 4.78 is 14.8. The SMILES string of the molecule is NCc1nccn1Cc1cc(F)ccc1[N+](=O)[O-]. The number of nitro groups is 1. The maximum absolute atomic E-state index is 13.1. The molecule has 0 amide bonds. The first-order valence-electron chi connectivity index (χ1n) is 5.24. The molecule has 0 aliphatic carbocycles. The van der Waals surface area contributed by atoms with Crippen LogP contribution in [0.15, 0.2) is 30.6 Å². The Labute approximate surface area is 102 Å². The molecule has 6 nitrogen and oxygen atoms in total. The van der Waals surface area contributed by atoms with Crippen LogP contribution in [0.2, 0.25) is 0 Å². The van der Waals surface area contributed by atoms with Gasteiger partial charge in [-0.2, -0.15) is 0 Å². The molecule has 7 heteroatoms. The van der Waals surface area contributed by atoms with E-state index >= 15 is 0 Å². The van der Waals surface area contributed by atoms with Crippen LogP contribution < -0.4 is 5.73 Å². The van der Waals surface area contributed by atoms with E-state index in [1.165, 1.54) is 0 Å². The van der Waals surface area contributed by atoms with E-state index < -0.39 is 10.7 Å². The van der Waals surface area contributed by atoms with Crippen molar-refractivity contribution in [1.29, 1.82) is 0 Å². The fourth-order valence-corrected chi connectivity index (χ4v) is 1.72. The Morgan fingerprint density at radius 2 is 2.28 bits per heavy atom. The predicted molar refractivity (Wildman–Crippen MR) is 62.3 cm³/mol. The molecule has 1 aromatic carbocycles. The first-order valence-corrected chi connectivity index (χ1v) is 5.24. The van der Waals surface area contributed by atoms with Crippen molar-refractivity contribution in [2.24, 2.45) is 5.73 Å². The summed E-state index contributed by atoms with van der Waals surface area (Å²) in [7, 11) is 0. The van der Waals surface area contributed by atoms with Crippen molar-refractivity contribution < 1.29 is 9.31 Å². The van der Waals surface area contributed by atoms with Crippen LogP contribution in [0.1, 0.15) is 11.4 Å². The molecule has 0 aliphatic rings. The first-order chi connectivity index (χ1) is 8.61. The van der Waals surface area contributed by atoms with Crippen molar-refractivity contribution in [1.82, 2.24) is 9.55 Å². The van der Waals surface area contributed by atoms with Crippen molar-refractivity contribution in [3.63, 3.8) is 0 Å². The van der Waals surface area contributed by atoms with Crippen LogP contribution in [0.3, 0.4) is 0 Å². The van der Waals surface area contributed by atoms with Gasteiger partial charge in [0.2, 0.25) is 0 Å². The molecule has 1 heterocycles. The van der Waals surface area contributed by atoms with Crippen LogP contribution in [0.4, 0.5) is 10.1 Å². The number of hydrogen-bond donors (Lipinski definition) is 1. The maximum Gasteiger partial charge on any atom is 0.274 e. The summed E-state index contributed by atoms with van der Waals surface area (Å²) >= 11 is 0. The lowest BCUT2D eigenvalue weighted by molar-refractivity contribution is -0.385. The van der Waals surface area contributed by atoms with Crippen LogP contribution in [0, 0.1) is 15.9 Å². The van der Waals surface area contributed by atoms with Gasteiger partial charge in [0.25, 0.3) is 5.69 Å². The topological polar surface area (TPSA) is 87.0 Å². The molecular weight excluding hydrogens is 239 g/mol. The minimum atomic E-state index is -0.534. The van der Waals surface area contributed by atoms with Crippen molar-refractivity contribution in [2.75, 3.05) is 0 Å². The van der Waals surface area contributed by atoms with Gasteiger partial charge >= 0.3 is 0 Å². The fraction of sp³-hybridized carbons (Fsp3) is 0.182. The zero-order valence-electron chi connectivity index (χ0n) is 9.41. The summed E-state index contributed by atoms with van der Waals surface area (Å²) in [4.78, 5) is 14.3. The highest BCUT2D eigenvalue weighted by atomic mass is 19.1. The molecule has 1 aromatic heterocycles. The minimum Gasteiger partial charge on any atom is -0.329 e. The second kappa shape index (κ2) is 4.92. The number of aromatic nitrogens is 2. The molecule has 0 atom stereocenters. The predicted octanol–water partition coefficient (Wildman–Crippen LogP) is 1.44. The highest BCUT2D eigenvalue weighted by Gasteiger charge is 2.15. The lowest BCUT2D eigenvalue weighted by atomic mass is 10.1. The Morgan fingerprint density at radius 3 is 2.94 bits per heavy atom. The Morgan fingerprint density at radius 1 is 1.50 bits per heavy atom. The Bertz CT molecular complexity index is 582. The van der Waals surface area contributed by atoms with Crippen molar-refractivity contribution >= 4 is 5.69 Å². The minimum absolute atomic E-state index is 0.118. The third-order valence-electron chi connectivity index (χ3n) is 2.56. The Hall–Kier alpha value is -2.28. The van der Waals surface area contributed by atoms with Gasteiger partial charge < -0.3 is 10.3 Å². The molecule has 0 saturated carbocycles. The molecular formula is C11H11FN4O2. The lowest BCUT2D eigenvalue weighted by Crippen LogP contribution is -2.10. The summed E-state index contributed by atoms with van der Waals surface area (Å²) in [6.07, 6.45) is 3.20. The van der Waals surface area contributed by atoms with Crippen molar-refractivity contribution in [3.05, 3.63) is 57.9 Å². The van der Waals surface area contributed by atoms with Gasteiger partial charge in [-0.15, -0.1) is 0 Å². The maximum atomic E-state index is 13.1. The molecule has 0 saturated heterocycles. The average Bonchev–Trinajstić information content (AvgIpc) is 2.76. The molecule has 0 spiro atoms. The average molecular weight is 250 g/mol. The van der Waals surface area contributed by atoms with E-state index in [2.05, 4.69) is 4.98 Å². The number of benzene rings is 1. The van der Waals surface area contributed by atoms with Gasteiger partial charge in [0.1, 0.15) is 11.6 Å². The van der Waals surface area contributed by atoms with Gasteiger partial charge in [0, 0.05) is 18.5 Å². The van der Waals surface area contributed by atoms with E-state index in [4.69, 9.17) is 5.73 Å². The molecule has 2 N–H and O–H groups in total. The summed E-state index contributed by atoms with van der Waals surface area (Å²) in [5.41, 5.74) is 5.65. The van der Waals surface area contributed by atoms with Crippen LogP contribution in [0.5, 0.6) is 0 Å². The van der Waals surface area contributed by atoms with E-state index in [1.807, 2.05) is 0 Å². The number of imidazole rings is 1. The van der Waals surface area contributed by atoms with Crippen molar-refractivity contribution in [2.45, 2.75) is 13.1 Å². The molecule has 0 radical (unpaired) electrons. The Balaban J connectivity index is 2.39. The lowest BCUT2D eigenvalue weighted by Gasteiger charge is -2.07. The van der Waals surface area contributed by atoms with Crippen LogP contribution in [-0.2, 0) is 13.1 Å². The molecule has 18 heavy (non-hydrogen) atoms. The monoisotopic (exact) mass is 250 g/mol. The fourth-order valence-electron chi connectivity index (χ4n) is 1.72. The van der Waals surface area contributed by atoms with E-state index in [-0.39, 0.29) is 24.3 Å². The zero-order chi connectivity index (χ0) is 13.1. The van der Waals surface area contributed by atoms with Gasteiger partial charge in [0.05, 0.1) is 23.6 Å². The first kappa shape index (κ1) is 12.2. The van der Waals surface area contributed by atoms with Gasteiger partial charge in [-0.05, 0) is 12.1 Å². The largest absolute Gasteiger partial charge is 0.329 e. The standard InChI is InChI=1S/C11H11FN4O2/c12-9-1-2-10(16(17)18)8(5-9)7-15-4-3-14-11(15)6-13/h1-5H,6-7,13H2. The number of hydrogen-bond acceptors (Lipinski definition) is 4. The Kier molecular flexibility index (Phi) is 3.33. The molecule has 0 bridgehead atoms. The second-order valence-corrected chi connectivity index (χ2v) is 3.71. The summed E-state index contributed by atoms with van der Waals surface area (Å²) in [6.45, 7) is 0.386. The van der Waals surface area contributed by atoms with E-state index in [0.29, 0.717) is 5.82 Å². The highest BCUT2D eigenvalue weighted by molar-refractivity contribution is 5.40.